The van der Waals surface area contributed by atoms with Gasteiger partial charge in [0, 0.05) is 5.56 Å². The van der Waals surface area contributed by atoms with Gasteiger partial charge in [0.15, 0.2) is 11.6 Å². The van der Waals surface area contributed by atoms with Crippen molar-refractivity contribution >= 4 is 11.9 Å². The molecule has 1 N–H and O–H groups in total. The minimum Gasteiger partial charge on any atom is -0.464 e. The zero-order chi connectivity index (χ0) is 26.6. The molecule has 0 radical (unpaired) electrons. The summed E-state index contributed by atoms with van der Waals surface area (Å²) in [5, 5.41) is 2.58. The van der Waals surface area contributed by atoms with E-state index in [9.17, 15) is 18.4 Å². The Morgan fingerprint density at radius 1 is 0.750 bits per heavy atom. The Labute approximate surface area is 218 Å². The van der Waals surface area contributed by atoms with Crippen LogP contribution in [-0.4, -0.2) is 24.5 Å². The van der Waals surface area contributed by atoms with Crippen molar-refractivity contribution in [2.75, 3.05) is 6.61 Å². The molecule has 0 aliphatic carbocycles. The number of hydrogen-bond donors (Lipinski definition) is 1. The van der Waals surface area contributed by atoms with Crippen LogP contribution in [0.2, 0.25) is 0 Å². The summed E-state index contributed by atoms with van der Waals surface area (Å²) in [6.45, 7) is 6.18. The van der Waals surface area contributed by atoms with Crippen LogP contribution in [-0.2, 0) is 9.53 Å². The van der Waals surface area contributed by atoms with Gasteiger partial charge in [0.25, 0.3) is 5.91 Å². The number of unbranched alkanes of at least 4 members (excludes halogenated alkanes) is 15. The van der Waals surface area contributed by atoms with E-state index in [1.165, 1.54) is 89.5 Å². The molecule has 0 fully saturated rings. The van der Waals surface area contributed by atoms with Crippen molar-refractivity contribution in [1.82, 2.24) is 5.32 Å². The smallest absolute Gasteiger partial charge is 0.328 e. The van der Waals surface area contributed by atoms with Gasteiger partial charge >= 0.3 is 5.97 Å². The van der Waals surface area contributed by atoms with Crippen LogP contribution in [0.5, 0.6) is 0 Å². The Hall–Kier alpha value is -1.98. The highest BCUT2D eigenvalue weighted by atomic mass is 19.2. The van der Waals surface area contributed by atoms with E-state index < -0.39 is 29.6 Å². The first-order valence-corrected chi connectivity index (χ1v) is 14.3. The maximum atomic E-state index is 13.4. The molecule has 36 heavy (non-hydrogen) atoms. The number of carbonyl (C=O) groups is 2. The van der Waals surface area contributed by atoms with Gasteiger partial charge in [0.1, 0.15) is 6.04 Å². The summed E-state index contributed by atoms with van der Waals surface area (Å²) in [7, 11) is 0. The molecule has 0 bridgehead atoms. The number of rotatable bonds is 21. The summed E-state index contributed by atoms with van der Waals surface area (Å²) >= 11 is 0. The fraction of sp³-hybridized carbons (Fsp3) is 0.733. The molecule has 0 aromatic heterocycles. The lowest BCUT2D eigenvalue weighted by atomic mass is 10.0. The zero-order valence-electron chi connectivity index (χ0n) is 22.9. The Morgan fingerprint density at radius 3 is 1.67 bits per heavy atom. The van der Waals surface area contributed by atoms with Gasteiger partial charge in [-0.2, -0.15) is 0 Å². The van der Waals surface area contributed by atoms with Crippen molar-refractivity contribution in [2.24, 2.45) is 5.92 Å². The molecule has 206 valence electrons. The third-order valence-electron chi connectivity index (χ3n) is 6.63. The van der Waals surface area contributed by atoms with E-state index in [0.717, 1.165) is 31.4 Å². The molecule has 0 saturated heterocycles. The van der Waals surface area contributed by atoms with Crippen molar-refractivity contribution < 1.29 is 23.1 Å². The van der Waals surface area contributed by atoms with Gasteiger partial charge in [0.2, 0.25) is 0 Å². The number of amides is 1. The van der Waals surface area contributed by atoms with Gasteiger partial charge in [-0.25, -0.2) is 13.6 Å². The fourth-order valence-electron chi connectivity index (χ4n) is 4.27. The van der Waals surface area contributed by atoms with E-state index >= 15 is 0 Å². The van der Waals surface area contributed by atoms with Crippen LogP contribution in [0, 0.1) is 17.6 Å². The lowest BCUT2D eigenvalue weighted by Crippen LogP contribution is -2.45. The SMILES string of the molecule is CCCCCCCCCCCCCCCCCCOC(=O)C(NC(=O)c1ccc(F)c(F)c1)C(C)C. The van der Waals surface area contributed by atoms with Crippen LogP contribution in [0.25, 0.3) is 0 Å². The van der Waals surface area contributed by atoms with E-state index in [4.69, 9.17) is 4.74 Å². The second-order valence-electron chi connectivity index (χ2n) is 10.3. The molecule has 1 aromatic rings. The Bertz CT molecular complexity index is 739. The van der Waals surface area contributed by atoms with Crippen LogP contribution in [0.1, 0.15) is 134 Å². The van der Waals surface area contributed by atoms with E-state index in [1.54, 1.807) is 13.8 Å². The number of halogens is 2. The quantitative estimate of drug-likeness (QED) is 0.133. The summed E-state index contributed by atoms with van der Waals surface area (Å²) in [6, 6.07) is 2.06. The number of hydrogen-bond acceptors (Lipinski definition) is 3. The lowest BCUT2D eigenvalue weighted by Gasteiger charge is -2.21. The first-order valence-electron chi connectivity index (χ1n) is 14.3. The fourth-order valence-corrected chi connectivity index (χ4v) is 4.27. The van der Waals surface area contributed by atoms with Crippen LogP contribution >= 0.6 is 0 Å². The summed E-state index contributed by atoms with van der Waals surface area (Å²) in [4.78, 5) is 24.8. The molecule has 0 aliphatic rings. The van der Waals surface area contributed by atoms with Gasteiger partial charge in [-0.3, -0.25) is 4.79 Å². The molecule has 6 heteroatoms. The zero-order valence-corrected chi connectivity index (χ0v) is 22.9. The summed E-state index contributed by atoms with van der Waals surface area (Å²) in [5.74, 6) is -3.45. The highest BCUT2D eigenvalue weighted by Gasteiger charge is 2.26. The van der Waals surface area contributed by atoms with Crippen molar-refractivity contribution in [3.05, 3.63) is 35.4 Å². The van der Waals surface area contributed by atoms with Gasteiger partial charge in [-0.05, 0) is 30.5 Å². The molecule has 0 spiro atoms. The molecule has 0 saturated carbocycles. The minimum atomic E-state index is -1.10. The molecule has 1 rings (SSSR count). The average molecular weight is 510 g/mol. The second kappa shape index (κ2) is 20.1. The predicted octanol–water partition coefficient (Wildman–Crippen LogP) is 8.52. The van der Waals surface area contributed by atoms with Gasteiger partial charge in [-0.15, -0.1) is 0 Å². The molecule has 4 nitrogen and oxygen atoms in total. The third-order valence-corrected chi connectivity index (χ3v) is 6.63. The molecule has 1 aromatic carbocycles. The number of benzene rings is 1. The van der Waals surface area contributed by atoms with E-state index in [2.05, 4.69) is 12.2 Å². The Morgan fingerprint density at radius 2 is 1.22 bits per heavy atom. The molecule has 1 atom stereocenters. The topological polar surface area (TPSA) is 55.4 Å². The van der Waals surface area contributed by atoms with E-state index in [-0.39, 0.29) is 11.5 Å². The largest absolute Gasteiger partial charge is 0.464 e. The van der Waals surface area contributed by atoms with Crippen LogP contribution < -0.4 is 5.32 Å². The van der Waals surface area contributed by atoms with Crippen LogP contribution in [0.15, 0.2) is 18.2 Å². The van der Waals surface area contributed by atoms with Gasteiger partial charge in [0.05, 0.1) is 6.61 Å². The monoisotopic (exact) mass is 509 g/mol. The third kappa shape index (κ3) is 14.5. The Kier molecular flexibility index (Phi) is 17.9. The van der Waals surface area contributed by atoms with Crippen molar-refractivity contribution in [1.29, 1.82) is 0 Å². The molecule has 0 heterocycles. The average Bonchev–Trinajstić information content (AvgIpc) is 2.85. The van der Waals surface area contributed by atoms with E-state index in [0.29, 0.717) is 6.61 Å². The number of ether oxygens (including phenoxy) is 1. The molecule has 1 unspecified atom stereocenters. The first kappa shape index (κ1) is 32.0. The maximum Gasteiger partial charge on any atom is 0.328 e. The minimum absolute atomic E-state index is 0.0369. The number of nitrogens with one attached hydrogen (secondary N) is 1. The van der Waals surface area contributed by atoms with Crippen LogP contribution in [0.3, 0.4) is 0 Å². The first-order chi connectivity index (χ1) is 17.4. The summed E-state index contributed by atoms with van der Waals surface area (Å²) in [6.07, 6.45) is 20.5. The van der Waals surface area contributed by atoms with Crippen molar-refractivity contribution in [2.45, 2.75) is 130 Å². The van der Waals surface area contributed by atoms with Crippen molar-refractivity contribution in [3.8, 4) is 0 Å². The van der Waals surface area contributed by atoms with Gasteiger partial charge < -0.3 is 10.1 Å². The summed E-state index contributed by atoms with van der Waals surface area (Å²) in [5.41, 5.74) is -0.0369. The standard InChI is InChI=1S/C30H49F2NO3/c1-4-5-6-7-8-9-10-11-12-13-14-15-16-17-18-19-22-36-30(35)28(24(2)3)33-29(34)25-20-21-26(31)27(32)23-25/h20-21,23-24,28H,4-19,22H2,1-3H3,(H,33,34). The van der Waals surface area contributed by atoms with Crippen LogP contribution in [0.4, 0.5) is 8.78 Å². The molecule has 1 amide bonds. The highest BCUT2D eigenvalue weighted by molar-refractivity contribution is 5.96. The predicted molar refractivity (Wildman–Crippen MR) is 143 cm³/mol. The highest BCUT2D eigenvalue weighted by Crippen LogP contribution is 2.14. The van der Waals surface area contributed by atoms with Crippen molar-refractivity contribution in [3.63, 3.8) is 0 Å². The molecular formula is C30H49F2NO3. The second-order valence-corrected chi connectivity index (χ2v) is 10.3. The number of carbonyl (C=O) groups excluding carboxylic acids is 2. The lowest BCUT2D eigenvalue weighted by molar-refractivity contribution is -0.147. The summed E-state index contributed by atoms with van der Waals surface area (Å²) < 4.78 is 31.9. The molecule has 0 aliphatic heterocycles. The normalized spacial score (nSPS) is 12.1. The van der Waals surface area contributed by atoms with E-state index in [1.807, 2.05) is 0 Å². The molecular weight excluding hydrogens is 460 g/mol. The number of esters is 1. The van der Waals surface area contributed by atoms with Gasteiger partial charge in [-0.1, -0.05) is 117 Å². The Balaban J connectivity index is 2.06. The maximum absolute atomic E-state index is 13.4.